The molecule has 0 spiro atoms. The lowest BCUT2D eigenvalue weighted by Gasteiger charge is -1.86. The van der Waals surface area contributed by atoms with Gasteiger partial charge in [0, 0.05) is 11.6 Å². The van der Waals surface area contributed by atoms with Crippen LogP contribution >= 0.6 is 11.3 Å². The molecule has 9 heavy (non-hydrogen) atoms. The summed E-state index contributed by atoms with van der Waals surface area (Å²) in [6, 6.07) is 0. The van der Waals surface area contributed by atoms with Gasteiger partial charge >= 0.3 is 4.87 Å². The summed E-state index contributed by atoms with van der Waals surface area (Å²) in [7, 11) is 0. The molecule has 0 fully saturated rings. The van der Waals surface area contributed by atoms with Crippen molar-refractivity contribution in [1.82, 2.24) is 4.57 Å². The first-order valence-corrected chi connectivity index (χ1v) is 3.30. The number of rotatable bonds is 2. The van der Waals surface area contributed by atoms with Gasteiger partial charge in [-0.15, -0.1) is 0 Å². The minimum absolute atomic E-state index is 0.0814. The van der Waals surface area contributed by atoms with Crippen LogP contribution in [0, 0.1) is 0 Å². The summed E-state index contributed by atoms with van der Waals surface area (Å²) in [5.74, 6) is 0. The topological polar surface area (TPSA) is 39.1 Å². The Bertz CT molecular complexity index is 249. The summed E-state index contributed by atoms with van der Waals surface area (Å²) in [5, 5.41) is 1.66. The second-order valence-electron chi connectivity index (χ2n) is 1.49. The van der Waals surface area contributed by atoms with Crippen molar-refractivity contribution in [2.75, 3.05) is 0 Å². The third-order valence-corrected chi connectivity index (χ3v) is 1.61. The van der Waals surface area contributed by atoms with Crippen LogP contribution in [-0.2, 0) is 11.3 Å². The lowest BCUT2D eigenvalue weighted by Crippen LogP contribution is -2.11. The van der Waals surface area contributed by atoms with Crippen molar-refractivity contribution < 1.29 is 4.79 Å². The molecule has 1 rings (SSSR count). The van der Waals surface area contributed by atoms with Crippen LogP contribution in [0.4, 0.5) is 0 Å². The standard InChI is InChI=1S/C5H5NO2S/c7-3-1-6-2-4-9-5(6)8/h2-4H,1H2. The van der Waals surface area contributed by atoms with Crippen molar-refractivity contribution in [3.63, 3.8) is 0 Å². The quantitative estimate of drug-likeness (QED) is 0.551. The molecule has 0 saturated heterocycles. The Hall–Kier alpha value is -0.900. The lowest BCUT2D eigenvalue weighted by molar-refractivity contribution is -0.108. The van der Waals surface area contributed by atoms with Gasteiger partial charge < -0.3 is 4.79 Å². The van der Waals surface area contributed by atoms with Crippen LogP contribution in [0.5, 0.6) is 0 Å². The molecule has 0 bridgehead atoms. The number of hydrogen-bond acceptors (Lipinski definition) is 3. The number of aldehydes is 1. The van der Waals surface area contributed by atoms with E-state index < -0.39 is 0 Å². The Kier molecular flexibility index (Phi) is 1.79. The molecule has 1 aromatic heterocycles. The number of carbonyl (C=O) groups is 1. The minimum atomic E-state index is -0.0814. The maximum absolute atomic E-state index is 10.6. The zero-order chi connectivity index (χ0) is 6.69. The molecule has 0 aliphatic carbocycles. The zero-order valence-corrected chi connectivity index (χ0v) is 5.43. The zero-order valence-electron chi connectivity index (χ0n) is 4.61. The van der Waals surface area contributed by atoms with Crippen LogP contribution < -0.4 is 4.87 Å². The summed E-state index contributed by atoms with van der Waals surface area (Å²) in [6.45, 7) is 0.169. The summed E-state index contributed by atoms with van der Waals surface area (Å²) >= 11 is 1.09. The summed E-state index contributed by atoms with van der Waals surface area (Å²) in [6.07, 6.45) is 2.30. The maximum Gasteiger partial charge on any atom is 0.307 e. The Labute approximate surface area is 55.6 Å². The predicted molar refractivity (Wildman–Crippen MR) is 34.6 cm³/mol. The third kappa shape index (κ3) is 1.26. The van der Waals surface area contributed by atoms with E-state index in [1.807, 2.05) is 0 Å². The molecule has 0 radical (unpaired) electrons. The van der Waals surface area contributed by atoms with Crippen molar-refractivity contribution in [1.29, 1.82) is 0 Å². The van der Waals surface area contributed by atoms with E-state index in [-0.39, 0.29) is 11.4 Å². The number of nitrogens with zero attached hydrogens (tertiary/aromatic N) is 1. The minimum Gasteiger partial charge on any atom is -0.301 e. The Morgan fingerprint density at radius 3 is 3.00 bits per heavy atom. The number of thiazole rings is 1. The molecule has 0 aromatic carbocycles. The van der Waals surface area contributed by atoms with Gasteiger partial charge in [-0.1, -0.05) is 11.3 Å². The van der Waals surface area contributed by atoms with Gasteiger partial charge in [0.05, 0.1) is 6.54 Å². The van der Waals surface area contributed by atoms with Crippen LogP contribution in [-0.4, -0.2) is 10.9 Å². The van der Waals surface area contributed by atoms with Crippen molar-refractivity contribution >= 4 is 17.6 Å². The maximum atomic E-state index is 10.6. The average molecular weight is 143 g/mol. The summed E-state index contributed by atoms with van der Waals surface area (Å²) in [4.78, 5) is 20.4. The predicted octanol–water partition coefficient (Wildman–Crippen LogP) is 0.109. The van der Waals surface area contributed by atoms with Crippen molar-refractivity contribution in [2.24, 2.45) is 0 Å². The van der Waals surface area contributed by atoms with E-state index in [1.54, 1.807) is 11.6 Å². The highest BCUT2D eigenvalue weighted by Crippen LogP contribution is 1.85. The largest absolute Gasteiger partial charge is 0.307 e. The molecule has 1 heterocycles. The summed E-state index contributed by atoms with van der Waals surface area (Å²) in [5.41, 5.74) is 0. The Morgan fingerprint density at radius 1 is 1.78 bits per heavy atom. The molecule has 3 nitrogen and oxygen atoms in total. The van der Waals surface area contributed by atoms with Gasteiger partial charge in [0.1, 0.15) is 6.29 Å². The van der Waals surface area contributed by atoms with Gasteiger partial charge in [-0.2, -0.15) is 0 Å². The fraction of sp³-hybridized carbons (Fsp3) is 0.200. The fourth-order valence-corrected chi connectivity index (χ4v) is 1.10. The van der Waals surface area contributed by atoms with Crippen molar-refractivity contribution in [3.05, 3.63) is 21.2 Å². The number of carbonyl (C=O) groups excluding carboxylic acids is 1. The smallest absolute Gasteiger partial charge is 0.301 e. The number of hydrogen-bond donors (Lipinski definition) is 0. The van der Waals surface area contributed by atoms with Crippen LogP contribution in [0.3, 0.4) is 0 Å². The van der Waals surface area contributed by atoms with E-state index in [2.05, 4.69) is 0 Å². The van der Waals surface area contributed by atoms with E-state index in [0.717, 1.165) is 11.3 Å². The molecule has 4 heteroatoms. The Morgan fingerprint density at radius 2 is 2.56 bits per heavy atom. The van der Waals surface area contributed by atoms with Gasteiger partial charge in [-0.3, -0.25) is 9.36 Å². The van der Waals surface area contributed by atoms with Crippen molar-refractivity contribution in [2.45, 2.75) is 6.54 Å². The first-order chi connectivity index (χ1) is 4.34. The van der Waals surface area contributed by atoms with E-state index in [0.29, 0.717) is 6.29 Å². The highest BCUT2D eigenvalue weighted by Gasteiger charge is 1.91. The van der Waals surface area contributed by atoms with Gasteiger partial charge in [0.15, 0.2) is 0 Å². The highest BCUT2D eigenvalue weighted by molar-refractivity contribution is 7.07. The molecule has 0 atom stereocenters. The second-order valence-corrected chi connectivity index (χ2v) is 2.35. The van der Waals surface area contributed by atoms with Gasteiger partial charge in [-0.05, 0) is 0 Å². The normalized spacial score (nSPS) is 9.33. The third-order valence-electron chi connectivity index (χ3n) is 0.915. The van der Waals surface area contributed by atoms with Crippen LogP contribution in [0.25, 0.3) is 0 Å². The molecule has 0 aliphatic rings. The molecular weight excluding hydrogens is 138 g/mol. The van der Waals surface area contributed by atoms with E-state index in [1.165, 1.54) is 4.57 Å². The van der Waals surface area contributed by atoms with Crippen LogP contribution in [0.2, 0.25) is 0 Å². The van der Waals surface area contributed by atoms with E-state index in [9.17, 15) is 9.59 Å². The molecule has 1 aromatic rings. The van der Waals surface area contributed by atoms with Gasteiger partial charge in [0.2, 0.25) is 0 Å². The number of aromatic nitrogens is 1. The van der Waals surface area contributed by atoms with Crippen LogP contribution in [0.15, 0.2) is 16.4 Å². The van der Waals surface area contributed by atoms with E-state index >= 15 is 0 Å². The molecule has 48 valence electrons. The van der Waals surface area contributed by atoms with Crippen molar-refractivity contribution in [3.8, 4) is 0 Å². The monoisotopic (exact) mass is 143 g/mol. The average Bonchev–Trinajstić information content (AvgIpc) is 2.18. The first-order valence-electron chi connectivity index (χ1n) is 2.42. The SMILES string of the molecule is O=CCn1ccsc1=O. The van der Waals surface area contributed by atoms with Crippen LogP contribution in [0.1, 0.15) is 0 Å². The van der Waals surface area contributed by atoms with Gasteiger partial charge in [0.25, 0.3) is 0 Å². The Balaban J connectivity index is 2.93. The lowest BCUT2D eigenvalue weighted by atomic mass is 10.7. The molecule has 0 aliphatic heterocycles. The first kappa shape index (κ1) is 6.22. The molecule has 0 unspecified atom stereocenters. The summed E-state index contributed by atoms with van der Waals surface area (Å²) < 4.78 is 1.36. The molecule has 0 saturated carbocycles. The molecular formula is C5H5NO2S. The van der Waals surface area contributed by atoms with Gasteiger partial charge in [-0.25, -0.2) is 0 Å². The second kappa shape index (κ2) is 2.59. The molecule has 0 amide bonds. The molecule has 0 N–H and O–H groups in total. The fourth-order valence-electron chi connectivity index (χ4n) is 0.506. The highest BCUT2D eigenvalue weighted by atomic mass is 32.1. The van der Waals surface area contributed by atoms with E-state index in [4.69, 9.17) is 0 Å².